The van der Waals surface area contributed by atoms with Gasteiger partial charge in [0, 0.05) is 23.7 Å². The number of benzene rings is 2. The zero-order valence-electron chi connectivity index (χ0n) is 17.9. The topological polar surface area (TPSA) is 96.6 Å². The van der Waals surface area contributed by atoms with Crippen molar-refractivity contribution in [2.45, 2.75) is 31.9 Å². The zero-order valence-corrected chi connectivity index (χ0v) is 17.9. The Morgan fingerprint density at radius 2 is 1.81 bits per heavy atom. The molecule has 160 valence electrons. The lowest BCUT2D eigenvalue weighted by atomic mass is 9.99. The number of rotatable bonds is 8. The summed E-state index contributed by atoms with van der Waals surface area (Å²) in [6.07, 6.45) is 3.93. The van der Waals surface area contributed by atoms with Gasteiger partial charge in [0.25, 0.3) is 0 Å². The molecule has 2 N–H and O–H groups in total. The number of aromatic nitrogens is 1. The lowest BCUT2D eigenvalue weighted by Crippen LogP contribution is -2.06. The van der Waals surface area contributed by atoms with E-state index in [1.54, 1.807) is 27.5 Å². The van der Waals surface area contributed by atoms with E-state index >= 15 is 0 Å². The fraction of sp³-hybridized carbons (Fsp3) is 0.333. The number of methoxy groups -OCH3 is 3. The largest absolute Gasteiger partial charge is 0.493 e. The number of ether oxygens (including phenoxy) is 3. The minimum Gasteiger partial charge on any atom is -0.493 e. The molecule has 1 aliphatic rings. The molecule has 0 unspecified atom stereocenters. The van der Waals surface area contributed by atoms with Crippen LogP contribution in [0.2, 0.25) is 0 Å². The average Bonchev–Trinajstić information content (AvgIpc) is 3.66. The maximum absolute atomic E-state index is 9.92. The summed E-state index contributed by atoms with van der Waals surface area (Å²) < 4.78 is 16.3. The van der Waals surface area contributed by atoms with E-state index in [0.717, 1.165) is 40.6 Å². The SMILES string of the molecule is COc1cc(CNc2c(CO)cnc3c(C4CC4)cc(C#N)cc23)cc(OC)c1OC. The van der Waals surface area contributed by atoms with E-state index < -0.39 is 0 Å². The lowest BCUT2D eigenvalue weighted by molar-refractivity contribution is 0.282. The van der Waals surface area contributed by atoms with E-state index in [-0.39, 0.29) is 6.61 Å². The molecule has 0 saturated heterocycles. The molecule has 0 atom stereocenters. The van der Waals surface area contributed by atoms with Gasteiger partial charge in [-0.15, -0.1) is 0 Å². The maximum Gasteiger partial charge on any atom is 0.203 e. The Balaban J connectivity index is 1.76. The number of nitrogens with one attached hydrogen (secondary N) is 1. The van der Waals surface area contributed by atoms with E-state index in [2.05, 4.69) is 16.4 Å². The lowest BCUT2D eigenvalue weighted by Gasteiger charge is -2.17. The van der Waals surface area contributed by atoms with Crippen molar-refractivity contribution in [1.82, 2.24) is 4.98 Å². The van der Waals surface area contributed by atoms with Crippen LogP contribution < -0.4 is 19.5 Å². The van der Waals surface area contributed by atoms with Crippen LogP contribution >= 0.6 is 0 Å². The molecule has 3 aromatic rings. The molecule has 1 aliphatic carbocycles. The maximum atomic E-state index is 9.92. The molecule has 1 heterocycles. The number of aliphatic hydroxyl groups is 1. The number of hydrogen-bond acceptors (Lipinski definition) is 7. The van der Waals surface area contributed by atoms with Crippen LogP contribution in [0, 0.1) is 11.3 Å². The first-order chi connectivity index (χ1) is 15.1. The second-order valence-electron chi connectivity index (χ2n) is 7.55. The van der Waals surface area contributed by atoms with Gasteiger partial charge in [-0.1, -0.05) is 0 Å². The van der Waals surface area contributed by atoms with Crippen molar-refractivity contribution in [3.05, 3.63) is 52.7 Å². The number of nitriles is 1. The van der Waals surface area contributed by atoms with Gasteiger partial charge in [-0.05, 0) is 54.2 Å². The zero-order chi connectivity index (χ0) is 22.0. The number of anilines is 1. The molecule has 0 radical (unpaired) electrons. The first-order valence-corrected chi connectivity index (χ1v) is 10.1. The summed E-state index contributed by atoms with van der Waals surface area (Å²) in [7, 11) is 4.73. The number of fused-ring (bicyclic) bond motifs is 1. The van der Waals surface area contributed by atoms with E-state index in [1.807, 2.05) is 24.3 Å². The Bertz CT molecular complexity index is 1140. The Morgan fingerprint density at radius 1 is 1.10 bits per heavy atom. The average molecular weight is 419 g/mol. The molecule has 2 aromatic carbocycles. The molecule has 0 aliphatic heterocycles. The van der Waals surface area contributed by atoms with Gasteiger partial charge in [0.15, 0.2) is 11.5 Å². The fourth-order valence-corrected chi connectivity index (χ4v) is 3.90. The summed E-state index contributed by atoms with van der Waals surface area (Å²) in [4.78, 5) is 4.62. The molecule has 7 nitrogen and oxygen atoms in total. The monoisotopic (exact) mass is 419 g/mol. The second kappa shape index (κ2) is 8.70. The van der Waals surface area contributed by atoms with Crippen LogP contribution in [0.25, 0.3) is 10.9 Å². The quantitative estimate of drug-likeness (QED) is 0.567. The van der Waals surface area contributed by atoms with Crippen molar-refractivity contribution < 1.29 is 19.3 Å². The number of pyridine rings is 1. The fourth-order valence-electron chi connectivity index (χ4n) is 3.90. The Labute approximate surface area is 181 Å². The molecule has 0 spiro atoms. The predicted octanol–water partition coefficient (Wildman–Crippen LogP) is 4.11. The van der Waals surface area contributed by atoms with Crippen molar-refractivity contribution in [3.63, 3.8) is 0 Å². The highest BCUT2D eigenvalue weighted by atomic mass is 16.5. The van der Waals surface area contributed by atoms with E-state index in [0.29, 0.717) is 40.8 Å². The van der Waals surface area contributed by atoms with E-state index in [9.17, 15) is 10.4 Å². The minimum atomic E-state index is -0.157. The van der Waals surface area contributed by atoms with Crippen molar-refractivity contribution in [1.29, 1.82) is 5.26 Å². The second-order valence-corrected chi connectivity index (χ2v) is 7.55. The molecule has 4 rings (SSSR count). The Hall–Kier alpha value is -3.50. The van der Waals surface area contributed by atoms with Crippen LogP contribution in [-0.2, 0) is 13.2 Å². The molecule has 1 saturated carbocycles. The van der Waals surface area contributed by atoms with Gasteiger partial charge in [0.1, 0.15) is 0 Å². The van der Waals surface area contributed by atoms with Gasteiger partial charge in [0.05, 0.1) is 50.8 Å². The molecular formula is C24H25N3O4. The van der Waals surface area contributed by atoms with E-state index in [1.165, 1.54) is 0 Å². The van der Waals surface area contributed by atoms with Gasteiger partial charge in [0.2, 0.25) is 5.75 Å². The number of hydrogen-bond donors (Lipinski definition) is 2. The predicted molar refractivity (Wildman–Crippen MR) is 118 cm³/mol. The minimum absolute atomic E-state index is 0.157. The van der Waals surface area contributed by atoms with Crippen molar-refractivity contribution in [2.75, 3.05) is 26.6 Å². The Morgan fingerprint density at radius 3 is 2.35 bits per heavy atom. The van der Waals surface area contributed by atoms with Crippen LogP contribution in [0.15, 0.2) is 30.5 Å². The number of aliphatic hydroxyl groups excluding tert-OH is 1. The normalized spacial score (nSPS) is 13.0. The smallest absolute Gasteiger partial charge is 0.203 e. The van der Waals surface area contributed by atoms with Gasteiger partial charge in [-0.2, -0.15) is 5.26 Å². The summed E-state index contributed by atoms with van der Waals surface area (Å²) in [5, 5.41) is 23.7. The molecule has 1 fully saturated rings. The third-order valence-corrected chi connectivity index (χ3v) is 5.59. The summed E-state index contributed by atoms with van der Waals surface area (Å²) in [5.74, 6) is 2.13. The van der Waals surface area contributed by atoms with Crippen LogP contribution in [0.3, 0.4) is 0 Å². The third-order valence-electron chi connectivity index (χ3n) is 5.59. The summed E-state index contributed by atoms with van der Waals surface area (Å²) in [6.45, 7) is 0.300. The first kappa shape index (κ1) is 20.8. The molecular weight excluding hydrogens is 394 g/mol. The van der Waals surface area contributed by atoms with Crippen molar-refractivity contribution in [2.24, 2.45) is 0 Å². The summed E-state index contributed by atoms with van der Waals surface area (Å²) in [5.41, 5.74) is 4.96. The first-order valence-electron chi connectivity index (χ1n) is 10.1. The Kier molecular flexibility index (Phi) is 5.83. The standard InChI is InChI=1S/C24H25N3O4/c1-29-20-8-15(9-21(30-2)24(20)31-3)11-26-22-17(13-28)12-27-23-18(16-4-5-16)6-14(10-25)7-19(22)23/h6-9,12,16,28H,4-5,11,13H2,1-3H3,(H,26,27). The van der Waals surface area contributed by atoms with Gasteiger partial charge >= 0.3 is 0 Å². The molecule has 1 aromatic heterocycles. The van der Waals surface area contributed by atoms with Crippen LogP contribution in [0.5, 0.6) is 17.2 Å². The summed E-state index contributed by atoms with van der Waals surface area (Å²) >= 11 is 0. The van der Waals surface area contributed by atoms with Crippen LogP contribution in [-0.4, -0.2) is 31.4 Å². The third kappa shape index (κ3) is 3.94. The van der Waals surface area contributed by atoms with Gasteiger partial charge < -0.3 is 24.6 Å². The molecule has 7 heteroatoms. The highest BCUT2D eigenvalue weighted by molar-refractivity contribution is 5.96. The highest BCUT2D eigenvalue weighted by Crippen LogP contribution is 2.44. The molecule has 0 bridgehead atoms. The van der Waals surface area contributed by atoms with Gasteiger partial charge in [-0.3, -0.25) is 4.98 Å². The highest BCUT2D eigenvalue weighted by Gasteiger charge is 2.27. The number of nitrogens with zero attached hydrogens (tertiary/aromatic N) is 2. The van der Waals surface area contributed by atoms with E-state index in [4.69, 9.17) is 14.2 Å². The molecule has 31 heavy (non-hydrogen) atoms. The molecule has 0 amide bonds. The van der Waals surface area contributed by atoms with Crippen molar-refractivity contribution >= 4 is 16.6 Å². The van der Waals surface area contributed by atoms with Crippen LogP contribution in [0.4, 0.5) is 5.69 Å². The van der Waals surface area contributed by atoms with Crippen LogP contribution in [0.1, 0.15) is 41.0 Å². The summed E-state index contributed by atoms with van der Waals surface area (Å²) in [6, 6.07) is 9.80. The van der Waals surface area contributed by atoms with Gasteiger partial charge in [-0.25, -0.2) is 0 Å². The van der Waals surface area contributed by atoms with Crippen molar-refractivity contribution in [3.8, 4) is 23.3 Å².